The Hall–Kier alpha value is -4.19. The molecule has 0 aliphatic rings. The standard InChI is InChI=1S/C32H35N3O3/c1-4-6-14-23-34(30(36)22-21-24-15-8-7-9-16-24)27(5-2)31-33-26-18-11-10-17-25(26)32(37)35(31)28-19-12-13-20-29(28)38-3/h7-13,15-22,27H,4-6,14,23H2,1-3H3/b22-21+. The molecule has 4 rings (SSSR count). The van der Waals surface area contributed by atoms with Gasteiger partial charge in [-0.25, -0.2) is 4.98 Å². The number of benzene rings is 3. The maximum atomic E-state index is 14.0. The van der Waals surface area contributed by atoms with Gasteiger partial charge in [-0.2, -0.15) is 0 Å². The van der Waals surface area contributed by atoms with E-state index in [0.29, 0.717) is 41.1 Å². The monoisotopic (exact) mass is 509 g/mol. The van der Waals surface area contributed by atoms with Gasteiger partial charge in [-0.3, -0.25) is 14.2 Å². The molecule has 1 atom stereocenters. The maximum Gasteiger partial charge on any atom is 0.266 e. The summed E-state index contributed by atoms with van der Waals surface area (Å²) in [7, 11) is 1.59. The summed E-state index contributed by atoms with van der Waals surface area (Å²) in [5.41, 5.74) is 1.98. The fraction of sp³-hybridized carbons (Fsp3) is 0.281. The number of carbonyl (C=O) groups excluding carboxylic acids is 1. The van der Waals surface area contributed by atoms with Crippen LogP contribution < -0.4 is 10.3 Å². The van der Waals surface area contributed by atoms with E-state index in [2.05, 4.69) is 6.92 Å². The molecule has 1 aromatic heterocycles. The molecule has 38 heavy (non-hydrogen) atoms. The molecule has 1 unspecified atom stereocenters. The summed E-state index contributed by atoms with van der Waals surface area (Å²) in [5.74, 6) is 0.986. The summed E-state index contributed by atoms with van der Waals surface area (Å²) >= 11 is 0. The first kappa shape index (κ1) is 26.9. The molecule has 196 valence electrons. The molecule has 4 aromatic rings. The lowest BCUT2D eigenvalue weighted by Crippen LogP contribution is -2.38. The molecule has 0 N–H and O–H groups in total. The van der Waals surface area contributed by atoms with Crippen LogP contribution in [-0.4, -0.2) is 34.0 Å². The Morgan fingerprint density at radius 3 is 2.42 bits per heavy atom. The first-order valence-corrected chi connectivity index (χ1v) is 13.3. The van der Waals surface area contributed by atoms with Crippen molar-refractivity contribution in [2.24, 2.45) is 0 Å². The number of fused-ring (bicyclic) bond motifs is 1. The van der Waals surface area contributed by atoms with Gasteiger partial charge in [0.25, 0.3) is 5.56 Å². The van der Waals surface area contributed by atoms with Gasteiger partial charge in [0.05, 0.1) is 29.7 Å². The van der Waals surface area contributed by atoms with Crippen LogP contribution >= 0.6 is 0 Å². The molecule has 6 nitrogen and oxygen atoms in total. The van der Waals surface area contributed by atoms with Gasteiger partial charge in [-0.05, 0) is 48.7 Å². The van der Waals surface area contributed by atoms with Crippen molar-refractivity contribution in [3.63, 3.8) is 0 Å². The number of rotatable bonds is 11. The Bertz CT molecular complexity index is 1460. The third kappa shape index (κ3) is 5.86. The van der Waals surface area contributed by atoms with Crippen molar-refractivity contribution in [2.45, 2.75) is 45.6 Å². The van der Waals surface area contributed by atoms with Crippen molar-refractivity contribution in [2.75, 3.05) is 13.7 Å². The van der Waals surface area contributed by atoms with Gasteiger partial charge in [0.1, 0.15) is 11.6 Å². The molecule has 0 saturated heterocycles. The Balaban J connectivity index is 1.88. The molecule has 3 aromatic carbocycles. The largest absolute Gasteiger partial charge is 0.495 e. The van der Waals surface area contributed by atoms with E-state index in [0.717, 1.165) is 24.8 Å². The fourth-order valence-electron chi connectivity index (χ4n) is 4.74. The highest BCUT2D eigenvalue weighted by Crippen LogP contribution is 2.30. The van der Waals surface area contributed by atoms with Crippen LogP contribution in [0.3, 0.4) is 0 Å². The highest BCUT2D eigenvalue weighted by atomic mass is 16.5. The number of nitrogens with zero attached hydrogens (tertiary/aromatic N) is 3. The van der Waals surface area contributed by atoms with E-state index >= 15 is 0 Å². The van der Waals surface area contributed by atoms with Crippen LogP contribution in [0.4, 0.5) is 0 Å². The van der Waals surface area contributed by atoms with Crippen LogP contribution in [0.25, 0.3) is 22.7 Å². The molecule has 0 aliphatic carbocycles. The molecule has 1 amide bonds. The SMILES string of the molecule is CCCCCN(C(=O)/C=C/c1ccccc1)C(CC)c1nc2ccccc2c(=O)n1-c1ccccc1OC. The van der Waals surface area contributed by atoms with E-state index in [9.17, 15) is 9.59 Å². The molecule has 1 heterocycles. The van der Waals surface area contributed by atoms with E-state index in [4.69, 9.17) is 9.72 Å². The number of unbranched alkanes of at least 4 members (excludes halogenated alkanes) is 2. The average Bonchev–Trinajstić information content (AvgIpc) is 2.96. The van der Waals surface area contributed by atoms with Crippen LogP contribution in [0.5, 0.6) is 5.75 Å². The smallest absolute Gasteiger partial charge is 0.266 e. The van der Waals surface area contributed by atoms with Gasteiger partial charge in [0.15, 0.2) is 0 Å². The lowest BCUT2D eigenvalue weighted by Gasteiger charge is -2.32. The number of carbonyl (C=O) groups is 1. The van der Waals surface area contributed by atoms with Crippen LogP contribution in [0.2, 0.25) is 0 Å². The van der Waals surface area contributed by atoms with Gasteiger partial charge in [0.2, 0.25) is 5.91 Å². The lowest BCUT2D eigenvalue weighted by atomic mass is 10.1. The summed E-state index contributed by atoms with van der Waals surface area (Å²) in [6, 6.07) is 24.1. The highest BCUT2D eigenvalue weighted by molar-refractivity contribution is 5.92. The number of aromatic nitrogens is 2. The number of amides is 1. The molecule has 0 aliphatic heterocycles. The Morgan fingerprint density at radius 2 is 1.68 bits per heavy atom. The zero-order chi connectivity index (χ0) is 26.9. The summed E-state index contributed by atoms with van der Waals surface area (Å²) in [6.07, 6.45) is 6.97. The van der Waals surface area contributed by atoms with Crippen molar-refractivity contribution in [1.29, 1.82) is 0 Å². The molecular weight excluding hydrogens is 474 g/mol. The number of ether oxygens (including phenoxy) is 1. The number of para-hydroxylation sites is 3. The van der Waals surface area contributed by atoms with Crippen LogP contribution in [-0.2, 0) is 4.79 Å². The minimum atomic E-state index is -0.415. The van der Waals surface area contributed by atoms with Crippen molar-refractivity contribution in [1.82, 2.24) is 14.5 Å². The molecule has 0 radical (unpaired) electrons. The second-order valence-electron chi connectivity index (χ2n) is 9.21. The molecular formula is C32H35N3O3. The quantitative estimate of drug-likeness (QED) is 0.169. The maximum absolute atomic E-state index is 14.0. The average molecular weight is 510 g/mol. The van der Waals surface area contributed by atoms with Gasteiger partial charge in [-0.1, -0.05) is 81.3 Å². The van der Waals surface area contributed by atoms with Crippen molar-refractivity contribution < 1.29 is 9.53 Å². The third-order valence-corrected chi connectivity index (χ3v) is 6.69. The Kier molecular flexibility index (Phi) is 9.09. The van der Waals surface area contributed by atoms with Crippen LogP contribution in [0.15, 0.2) is 89.7 Å². The van der Waals surface area contributed by atoms with Gasteiger partial charge < -0.3 is 9.64 Å². The zero-order valence-corrected chi connectivity index (χ0v) is 22.3. The van der Waals surface area contributed by atoms with Crippen LogP contribution in [0.1, 0.15) is 57.0 Å². The molecule has 0 saturated carbocycles. The van der Waals surface area contributed by atoms with E-state index in [-0.39, 0.29) is 11.5 Å². The summed E-state index contributed by atoms with van der Waals surface area (Å²) in [5, 5.41) is 0.518. The Morgan fingerprint density at radius 1 is 0.974 bits per heavy atom. The van der Waals surface area contributed by atoms with Gasteiger partial charge in [0, 0.05) is 12.6 Å². The van der Waals surface area contributed by atoms with E-state index in [1.54, 1.807) is 23.8 Å². The molecule has 0 bridgehead atoms. The van der Waals surface area contributed by atoms with E-state index in [1.165, 1.54) is 0 Å². The number of hydrogen-bond acceptors (Lipinski definition) is 4. The fourth-order valence-corrected chi connectivity index (χ4v) is 4.74. The number of hydrogen-bond donors (Lipinski definition) is 0. The van der Waals surface area contributed by atoms with E-state index in [1.807, 2.05) is 90.7 Å². The molecule has 0 fully saturated rings. The van der Waals surface area contributed by atoms with Gasteiger partial charge in [-0.15, -0.1) is 0 Å². The normalized spacial score (nSPS) is 12.1. The van der Waals surface area contributed by atoms with E-state index < -0.39 is 6.04 Å². The summed E-state index contributed by atoms with van der Waals surface area (Å²) in [6.45, 7) is 4.74. The predicted molar refractivity (Wildman–Crippen MR) is 154 cm³/mol. The first-order valence-electron chi connectivity index (χ1n) is 13.3. The van der Waals surface area contributed by atoms with Crippen molar-refractivity contribution in [3.05, 3.63) is 107 Å². The topological polar surface area (TPSA) is 64.4 Å². The van der Waals surface area contributed by atoms with Crippen LogP contribution in [0, 0.1) is 0 Å². The third-order valence-electron chi connectivity index (χ3n) is 6.69. The summed E-state index contributed by atoms with van der Waals surface area (Å²) < 4.78 is 7.25. The minimum absolute atomic E-state index is 0.106. The first-order chi connectivity index (χ1) is 18.6. The zero-order valence-electron chi connectivity index (χ0n) is 22.3. The lowest BCUT2D eigenvalue weighted by molar-refractivity contribution is -0.128. The molecule has 0 spiro atoms. The Labute approximate surface area is 224 Å². The van der Waals surface area contributed by atoms with Crippen molar-refractivity contribution >= 4 is 22.9 Å². The summed E-state index contributed by atoms with van der Waals surface area (Å²) in [4.78, 5) is 34.5. The van der Waals surface area contributed by atoms with Crippen molar-refractivity contribution in [3.8, 4) is 11.4 Å². The molecule has 6 heteroatoms. The number of methoxy groups -OCH3 is 1. The van der Waals surface area contributed by atoms with Gasteiger partial charge >= 0.3 is 0 Å². The minimum Gasteiger partial charge on any atom is -0.495 e. The second-order valence-corrected chi connectivity index (χ2v) is 9.21. The highest BCUT2D eigenvalue weighted by Gasteiger charge is 2.28. The predicted octanol–water partition coefficient (Wildman–Crippen LogP) is 6.58. The second kappa shape index (κ2) is 12.9.